The highest BCUT2D eigenvalue weighted by Gasteiger charge is 2.24. The van der Waals surface area contributed by atoms with E-state index in [9.17, 15) is 9.59 Å². The van der Waals surface area contributed by atoms with Gasteiger partial charge in [0.2, 0.25) is 5.91 Å². The number of hydrogen-bond donors (Lipinski definition) is 1. The Morgan fingerprint density at radius 2 is 1.76 bits per heavy atom. The van der Waals surface area contributed by atoms with Crippen LogP contribution < -0.4 is 10.2 Å². The van der Waals surface area contributed by atoms with Crippen molar-refractivity contribution in [1.82, 2.24) is 10.2 Å². The number of rotatable bonds is 7. The van der Waals surface area contributed by atoms with Gasteiger partial charge in [-0.25, -0.2) is 4.79 Å². The zero-order valence-corrected chi connectivity index (χ0v) is 22.9. The SMILES string of the molecule is CC(C)(C)OC(=O)N[C@H](C=C1CCN(c2ccccc2CN2CCCC2=O)CC1)Cc1ccc(Cl)cc1. The predicted molar refractivity (Wildman–Crippen MR) is 149 cm³/mol. The number of halogens is 1. The van der Waals surface area contributed by atoms with Crippen LogP contribution in [0.2, 0.25) is 5.02 Å². The molecule has 2 amide bonds. The summed E-state index contributed by atoms with van der Waals surface area (Å²) in [5.41, 5.74) is 4.30. The van der Waals surface area contributed by atoms with E-state index in [1.807, 2.05) is 49.9 Å². The summed E-state index contributed by atoms with van der Waals surface area (Å²) in [6.45, 7) is 8.93. The molecule has 6 nitrogen and oxygen atoms in total. The number of amides is 2. The number of nitrogens with one attached hydrogen (secondary N) is 1. The minimum atomic E-state index is -0.555. The molecule has 0 spiro atoms. The van der Waals surface area contributed by atoms with Crippen LogP contribution in [0.3, 0.4) is 0 Å². The van der Waals surface area contributed by atoms with Gasteiger partial charge in [0.25, 0.3) is 0 Å². The smallest absolute Gasteiger partial charge is 0.408 e. The Labute approximate surface area is 225 Å². The molecule has 0 bridgehead atoms. The fourth-order valence-corrected chi connectivity index (χ4v) is 5.13. The maximum atomic E-state index is 12.6. The van der Waals surface area contributed by atoms with Crippen LogP contribution >= 0.6 is 11.6 Å². The molecule has 2 fully saturated rings. The minimum Gasteiger partial charge on any atom is -0.444 e. The first kappa shape index (κ1) is 27.1. The number of hydrogen-bond acceptors (Lipinski definition) is 4. The number of alkyl carbamates (subject to hydrolysis) is 1. The molecule has 37 heavy (non-hydrogen) atoms. The van der Waals surface area contributed by atoms with Gasteiger partial charge in [0.05, 0.1) is 6.04 Å². The van der Waals surface area contributed by atoms with Gasteiger partial charge in [0.1, 0.15) is 5.60 Å². The molecule has 0 aromatic heterocycles. The molecule has 0 aliphatic carbocycles. The molecule has 0 saturated carbocycles. The third-order valence-electron chi connectivity index (χ3n) is 6.78. The van der Waals surface area contributed by atoms with E-state index in [4.69, 9.17) is 16.3 Å². The van der Waals surface area contributed by atoms with Crippen molar-refractivity contribution >= 4 is 29.3 Å². The second-order valence-corrected chi connectivity index (χ2v) is 11.4. The van der Waals surface area contributed by atoms with Crippen LogP contribution in [0.4, 0.5) is 10.5 Å². The number of ether oxygens (including phenoxy) is 1. The maximum absolute atomic E-state index is 12.6. The largest absolute Gasteiger partial charge is 0.444 e. The first-order valence-corrected chi connectivity index (χ1v) is 13.6. The highest BCUT2D eigenvalue weighted by atomic mass is 35.5. The van der Waals surface area contributed by atoms with Crippen molar-refractivity contribution in [3.05, 3.63) is 76.3 Å². The van der Waals surface area contributed by atoms with Crippen LogP contribution in [0.5, 0.6) is 0 Å². The molecular weight excluding hydrogens is 486 g/mol. The second-order valence-electron chi connectivity index (χ2n) is 10.9. The van der Waals surface area contributed by atoms with Gasteiger partial charge in [-0.2, -0.15) is 0 Å². The lowest BCUT2D eigenvalue weighted by molar-refractivity contribution is -0.128. The van der Waals surface area contributed by atoms with Crippen LogP contribution in [-0.2, 0) is 22.5 Å². The van der Waals surface area contributed by atoms with Crippen LogP contribution in [0.1, 0.15) is 57.6 Å². The van der Waals surface area contributed by atoms with Gasteiger partial charge in [-0.15, -0.1) is 0 Å². The summed E-state index contributed by atoms with van der Waals surface area (Å²) in [6.07, 6.45) is 5.91. The van der Waals surface area contributed by atoms with Crippen LogP contribution in [-0.4, -0.2) is 48.2 Å². The van der Waals surface area contributed by atoms with Crippen molar-refractivity contribution in [1.29, 1.82) is 0 Å². The van der Waals surface area contributed by atoms with Gasteiger partial charge in [0, 0.05) is 43.3 Å². The first-order chi connectivity index (χ1) is 17.7. The molecule has 0 unspecified atom stereocenters. The number of piperidine rings is 1. The van der Waals surface area contributed by atoms with E-state index in [0.29, 0.717) is 24.4 Å². The fourth-order valence-electron chi connectivity index (χ4n) is 5.00. The Kier molecular flexibility index (Phi) is 8.80. The van der Waals surface area contributed by atoms with Gasteiger partial charge >= 0.3 is 6.09 Å². The Morgan fingerprint density at radius 3 is 2.41 bits per heavy atom. The van der Waals surface area contributed by atoms with E-state index in [1.54, 1.807) is 0 Å². The van der Waals surface area contributed by atoms with Crippen molar-refractivity contribution in [2.24, 2.45) is 0 Å². The van der Waals surface area contributed by atoms with Gasteiger partial charge in [-0.3, -0.25) is 4.79 Å². The van der Waals surface area contributed by atoms with Gasteiger partial charge < -0.3 is 19.9 Å². The van der Waals surface area contributed by atoms with Crippen LogP contribution in [0.25, 0.3) is 0 Å². The Balaban J connectivity index is 1.43. The third-order valence-corrected chi connectivity index (χ3v) is 7.03. The van der Waals surface area contributed by atoms with Crippen molar-refractivity contribution in [2.45, 2.75) is 71.1 Å². The molecule has 2 aliphatic rings. The Hall–Kier alpha value is -2.99. The molecular formula is C30H38ClN3O3. The number of carbonyl (C=O) groups is 2. The molecule has 198 valence electrons. The van der Waals surface area contributed by atoms with Gasteiger partial charge in [0.15, 0.2) is 0 Å². The predicted octanol–water partition coefficient (Wildman–Crippen LogP) is 6.13. The third kappa shape index (κ3) is 8.00. The van der Waals surface area contributed by atoms with E-state index in [0.717, 1.165) is 44.5 Å². The monoisotopic (exact) mass is 523 g/mol. The van der Waals surface area contributed by atoms with Crippen molar-refractivity contribution in [3.8, 4) is 0 Å². The molecule has 4 rings (SSSR count). The summed E-state index contributed by atoms with van der Waals surface area (Å²) >= 11 is 6.06. The molecule has 2 aliphatic heterocycles. The highest BCUT2D eigenvalue weighted by Crippen LogP contribution is 2.28. The standard InChI is InChI=1S/C30H38ClN3O3/c1-30(2,3)37-29(36)32-26(19-22-10-12-25(31)13-11-22)20-23-14-17-33(18-15-23)27-8-5-4-7-24(27)21-34-16-6-9-28(34)35/h4-5,7-8,10-13,20,26H,6,9,14-19,21H2,1-3H3,(H,32,36)/t26-/m0/s1. The minimum absolute atomic E-state index is 0.175. The summed E-state index contributed by atoms with van der Waals surface area (Å²) in [6, 6.07) is 16.0. The number of carbonyl (C=O) groups excluding carboxylic acids is 2. The average Bonchev–Trinajstić information content (AvgIpc) is 3.24. The number of nitrogens with zero attached hydrogens (tertiary/aromatic N) is 2. The molecule has 1 N–H and O–H groups in total. The average molecular weight is 524 g/mol. The van der Waals surface area contributed by atoms with Gasteiger partial charge in [-0.1, -0.05) is 53.6 Å². The van der Waals surface area contributed by atoms with Gasteiger partial charge in [-0.05, 0) is 75.8 Å². The van der Waals surface area contributed by atoms with Crippen molar-refractivity contribution in [3.63, 3.8) is 0 Å². The quantitative estimate of drug-likeness (QED) is 0.444. The molecule has 2 aromatic rings. The van der Waals surface area contributed by atoms with Crippen LogP contribution in [0.15, 0.2) is 60.2 Å². The Bertz CT molecular complexity index is 1110. The summed E-state index contributed by atoms with van der Waals surface area (Å²) in [7, 11) is 0. The normalized spacial score (nSPS) is 17.1. The molecule has 7 heteroatoms. The molecule has 0 radical (unpaired) electrons. The van der Waals surface area contributed by atoms with E-state index < -0.39 is 11.7 Å². The van der Waals surface area contributed by atoms with Crippen molar-refractivity contribution < 1.29 is 14.3 Å². The summed E-state index contributed by atoms with van der Waals surface area (Å²) in [5.74, 6) is 0.253. The molecule has 1 atom stereocenters. The number of likely N-dealkylation sites (tertiary alicyclic amines) is 1. The zero-order valence-electron chi connectivity index (χ0n) is 22.1. The topological polar surface area (TPSA) is 61.9 Å². The first-order valence-electron chi connectivity index (χ1n) is 13.2. The molecule has 2 saturated heterocycles. The zero-order chi connectivity index (χ0) is 26.4. The summed E-state index contributed by atoms with van der Waals surface area (Å²) < 4.78 is 5.53. The highest BCUT2D eigenvalue weighted by molar-refractivity contribution is 6.30. The van der Waals surface area contributed by atoms with E-state index in [2.05, 4.69) is 40.6 Å². The fraction of sp³-hybridized carbons (Fsp3) is 0.467. The lowest BCUT2D eigenvalue weighted by atomic mass is 9.97. The number of anilines is 1. The van der Waals surface area contributed by atoms with E-state index in [1.165, 1.54) is 16.8 Å². The lowest BCUT2D eigenvalue weighted by Gasteiger charge is -2.33. The Morgan fingerprint density at radius 1 is 1.05 bits per heavy atom. The number of para-hydroxylation sites is 1. The van der Waals surface area contributed by atoms with E-state index in [-0.39, 0.29) is 11.9 Å². The van der Waals surface area contributed by atoms with Crippen molar-refractivity contribution in [2.75, 3.05) is 24.5 Å². The maximum Gasteiger partial charge on any atom is 0.408 e. The molecule has 2 heterocycles. The van der Waals surface area contributed by atoms with E-state index >= 15 is 0 Å². The molecule has 2 aromatic carbocycles. The second kappa shape index (κ2) is 12.0. The summed E-state index contributed by atoms with van der Waals surface area (Å²) in [5, 5.41) is 3.75. The van der Waals surface area contributed by atoms with Crippen LogP contribution in [0, 0.1) is 0 Å². The lowest BCUT2D eigenvalue weighted by Crippen LogP contribution is -2.40. The summed E-state index contributed by atoms with van der Waals surface area (Å²) in [4.78, 5) is 29.1. The number of benzene rings is 2.